The van der Waals surface area contributed by atoms with Crippen LogP contribution >= 0.6 is 0 Å². The zero-order valence-corrected chi connectivity index (χ0v) is 13.0. The van der Waals surface area contributed by atoms with Crippen LogP contribution in [0.3, 0.4) is 0 Å². The molecular weight excluding hydrogens is 298 g/mol. The van der Waals surface area contributed by atoms with Gasteiger partial charge in [0.15, 0.2) is 5.84 Å². The molecule has 8 heteroatoms. The summed E-state index contributed by atoms with van der Waals surface area (Å²) in [6.07, 6.45) is 0.565. The van der Waals surface area contributed by atoms with E-state index in [4.69, 9.17) is 15.9 Å². The van der Waals surface area contributed by atoms with Crippen LogP contribution in [-0.2, 0) is 9.59 Å². The molecule has 0 saturated heterocycles. The van der Waals surface area contributed by atoms with E-state index in [1.54, 1.807) is 32.0 Å². The summed E-state index contributed by atoms with van der Waals surface area (Å²) in [5.74, 6) is -0.747. The van der Waals surface area contributed by atoms with Gasteiger partial charge in [0.2, 0.25) is 0 Å². The van der Waals surface area contributed by atoms with E-state index in [0.717, 1.165) is 5.01 Å². The third-order valence-corrected chi connectivity index (χ3v) is 3.29. The van der Waals surface area contributed by atoms with Crippen LogP contribution in [0.15, 0.2) is 28.3 Å². The molecular formula is C15H17N5O3. The highest BCUT2D eigenvalue weighted by molar-refractivity contribution is 6.23. The van der Waals surface area contributed by atoms with Gasteiger partial charge in [0, 0.05) is 0 Å². The number of benzene rings is 1. The van der Waals surface area contributed by atoms with Crippen molar-refractivity contribution in [1.82, 2.24) is 0 Å². The number of aliphatic imine (C=N–C) groups is 1. The molecule has 0 fully saturated rings. The summed E-state index contributed by atoms with van der Waals surface area (Å²) < 4.78 is 5.21. The smallest absolute Gasteiger partial charge is 0.263 e. The molecule has 0 radical (unpaired) electrons. The summed E-state index contributed by atoms with van der Waals surface area (Å²) in [5.41, 5.74) is 6.71. The number of methoxy groups -OCH3 is 1. The quantitative estimate of drug-likeness (QED) is 0.371. The van der Waals surface area contributed by atoms with Crippen molar-refractivity contribution >= 4 is 35.3 Å². The van der Waals surface area contributed by atoms with Gasteiger partial charge in [-0.1, -0.05) is 0 Å². The molecule has 1 aromatic rings. The number of amidine groups is 2. The molecule has 0 saturated carbocycles. The van der Waals surface area contributed by atoms with E-state index >= 15 is 0 Å². The van der Waals surface area contributed by atoms with Crippen LogP contribution in [0.5, 0.6) is 5.75 Å². The SMILES string of the molecule is COc1ccc(N2N=C(C)C(C=O)C2=O)cc1C(=N)N=C(C)N. The Balaban J connectivity index is 2.47. The van der Waals surface area contributed by atoms with Gasteiger partial charge in [0.05, 0.1) is 29.9 Å². The highest BCUT2D eigenvalue weighted by Crippen LogP contribution is 2.29. The normalized spacial score (nSPS) is 18.0. The largest absolute Gasteiger partial charge is 0.496 e. The standard InChI is InChI=1S/C15H17N5O3/c1-8-12(7-21)15(22)20(19-8)10-4-5-13(23-3)11(6-10)14(17)18-9(2)16/h4-7,12H,1-3H3,(H3,16,17,18). The molecule has 1 aromatic carbocycles. The molecule has 1 aliphatic rings. The fourth-order valence-electron chi connectivity index (χ4n) is 2.17. The lowest BCUT2D eigenvalue weighted by atomic mass is 10.1. The number of hydrogen-bond acceptors (Lipinski definition) is 5. The van der Waals surface area contributed by atoms with E-state index < -0.39 is 11.8 Å². The van der Waals surface area contributed by atoms with Gasteiger partial charge in [-0.25, -0.2) is 4.99 Å². The molecule has 0 aliphatic carbocycles. The summed E-state index contributed by atoms with van der Waals surface area (Å²) in [6.45, 7) is 3.18. The van der Waals surface area contributed by atoms with Crippen LogP contribution in [0.25, 0.3) is 0 Å². The number of anilines is 1. The third-order valence-electron chi connectivity index (χ3n) is 3.29. The Bertz CT molecular complexity index is 735. The summed E-state index contributed by atoms with van der Waals surface area (Å²) in [6, 6.07) is 4.78. The average molecular weight is 315 g/mol. The Hall–Kier alpha value is -3.03. The van der Waals surface area contributed by atoms with Crippen molar-refractivity contribution in [1.29, 1.82) is 5.41 Å². The number of amides is 1. The van der Waals surface area contributed by atoms with E-state index in [2.05, 4.69) is 10.1 Å². The molecule has 1 unspecified atom stereocenters. The van der Waals surface area contributed by atoms with Crippen LogP contribution in [0.2, 0.25) is 0 Å². The first kappa shape index (κ1) is 16.3. The maximum atomic E-state index is 12.2. The summed E-state index contributed by atoms with van der Waals surface area (Å²) in [5, 5.41) is 13.2. The number of carbonyl (C=O) groups excluding carboxylic acids is 2. The average Bonchev–Trinajstić information content (AvgIpc) is 2.80. The van der Waals surface area contributed by atoms with Crippen LogP contribution in [0.1, 0.15) is 19.4 Å². The Labute approximate surface area is 133 Å². The summed E-state index contributed by atoms with van der Waals surface area (Å²) in [4.78, 5) is 27.1. The van der Waals surface area contributed by atoms with Crippen LogP contribution in [0, 0.1) is 11.3 Å². The number of nitrogens with one attached hydrogen (secondary N) is 1. The second-order valence-electron chi connectivity index (χ2n) is 4.99. The van der Waals surface area contributed by atoms with Crippen LogP contribution < -0.4 is 15.5 Å². The van der Waals surface area contributed by atoms with E-state index in [0.29, 0.717) is 29.0 Å². The number of nitrogens with zero attached hydrogens (tertiary/aromatic N) is 3. The maximum absolute atomic E-state index is 12.2. The molecule has 1 aliphatic heterocycles. The zero-order chi connectivity index (χ0) is 17.1. The second kappa shape index (κ2) is 6.39. The monoisotopic (exact) mass is 315 g/mol. The first-order valence-corrected chi connectivity index (χ1v) is 6.81. The maximum Gasteiger partial charge on any atom is 0.263 e. The number of rotatable bonds is 4. The van der Waals surface area contributed by atoms with Gasteiger partial charge >= 0.3 is 0 Å². The van der Waals surface area contributed by atoms with E-state index in [9.17, 15) is 9.59 Å². The van der Waals surface area contributed by atoms with Gasteiger partial charge in [0.25, 0.3) is 5.91 Å². The molecule has 1 atom stereocenters. The first-order chi connectivity index (χ1) is 10.9. The minimum Gasteiger partial charge on any atom is -0.496 e. The molecule has 3 N–H and O–H groups in total. The molecule has 0 bridgehead atoms. The number of hydrazone groups is 1. The lowest BCUT2D eigenvalue weighted by Crippen LogP contribution is -2.28. The van der Waals surface area contributed by atoms with Crippen LogP contribution in [-0.4, -0.2) is 36.7 Å². The minimum absolute atomic E-state index is 0.0945. The minimum atomic E-state index is -0.871. The Kier molecular flexibility index (Phi) is 4.54. The van der Waals surface area contributed by atoms with Gasteiger partial charge in [-0.3, -0.25) is 10.2 Å². The molecule has 1 heterocycles. The highest BCUT2D eigenvalue weighted by Gasteiger charge is 2.34. The topological polar surface area (TPSA) is 121 Å². The van der Waals surface area contributed by atoms with Crippen molar-refractivity contribution in [3.8, 4) is 5.75 Å². The van der Waals surface area contributed by atoms with Gasteiger partial charge in [-0.05, 0) is 32.0 Å². The molecule has 23 heavy (non-hydrogen) atoms. The summed E-state index contributed by atoms with van der Waals surface area (Å²) in [7, 11) is 1.47. The molecule has 0 spiro atoms. The van der Waals surface area contributed by atoms with Crippen molar-refractivity contribution < 1.29 is 14.3 Å². The Morgan fingerprint density at radius 1 is 1.52 bits per heavy atom. The van der Waals surface area contributed by atoms with Gasteiger partial charge in [-0.15, -0.1) is 0 Å². The predicted molar refractivity (Wildman–Crippen MR) is 87.3 cm³/mol. The number of hydrogen-bond donors (Lipinski definition) is 2. The van der Waals surface area contributed by atoms with Crippen molar-refractivity contribution in [3.05, 3.63) is 23.8 Å². The van der Waals surface area contributed by atoms with E-state index in [1.165, 1.54) is 7.11 Å². The van der Waals surface area contributed by atoms with Gasteiger partial charge in [0.1, 0.15) is 18.0 Å². The fourth-order valence-corrected chi connectivity index (χ4v) is 2.17. The van der Waals surface area contributed by atoms with E-state index in [-0.39, 0.29) is 11.7 Å². The number of aldehydes is 1. The zero-order valence-electron chi connectivity index (χ0n) is 13.0. The third kappa shape index (κ3) is 3.10. The fraction of sp³-hybridized carbons (Fsp3) is 0.267. The van der Waals surface area contributed by atoms with Gasteiger partial charge < -0.3 is 15.3 Å². The Morgan fingerprint density at radius 3 is 2.74 bits per heavy atom. The number of ether oxygens (including phenoxy) is 1. The lowest BCUT2D eigenvalue weighted by molar-refractivity contribution is -0.123. The molecule has 1 amide bonds. The molecule has 0 aromatic heterocycles. The molecule has 120 valence electrons. The highest BCUT2D eigenvalue weighted by atomic mass is 16.5. The van der Waals surface area contributed by atoms with E-state index in [1.807, 2.05) is 0 Å². The Morgan fingerprint density at radius 2 is 2.22 bits per heavy atom. The summed E-state index contributed by atoms with van der Waals surface area (Å²) >= 11 is 0. The van der Waals surface area contributed by atoms with Crippen molar-refractivity contribution in [2.75, 3.05) is 12.1 Å². The molecule has 8 nitrogen and oxygen atoms in total. The molecule has 2 rings (SSSR count). The van der Waals surface area contributed by atoms with Gasteiger partial charge in [-0.2, -0.15) is 10.1 Å². The second-order valence-corrected chi connectivity index (χ2v) is 4.99. The van der Waals surface area contributed by atoms with Crippen molar-refractivity contribution in [2.45, 2.75) is 13.8 Å². The number of nitrogens with two attached hydrogens (primary N) is 1. The lowest BCUT2D eigenvalue weighted by Gasteiger charge is -2.15. The van der Waals surface area contributed by atoms with Crippen molar-refractivity contribution in [3.63, 3.8) is 0 Å². The van der Waals surface area contributed by atoms with Crippen LogP contribution in [0.4, 0.5) is 5.69 Å². The first-order valence-electron chi connectivity index (χ1n) is 6.81. The predicted octanol–water partition coefficient (Wildman–Crippen LogP) is 0.935. The number of carbonyl (C=O) groups is 2. The van der Waals surface area contributed by atoms with Crippen molar-refractivity contribution in [2.24, 2.45) is 21.7 Å².